The molecule has 0 radical (unpaired) electrons. The lowest BCUT2D eigenvalue weighted by Crippen LogP contribution is -2.04. The van der Waals surface area contributed by atoms with Crippen molar-refractivity contribution in [2.45, 2.75) is 59.3 Å². The van der Waals surface area contributed by atoms with Crippen molar-refractivity contribution in [1.82, 2.24) is 0 Å². The maximum Gasteiger partial charge on any atom is 0.126 e. The summed E-state index contributed by atoms with van der Waals surface area (Å²) in [6, 6.07) is 10.8. The van der Waals surface area contributed by atoms with E-state index in [2.05, 4.69) is 59.7 Å². The van der Waals surface area contributed by atoms with E-state index in [4.69, 9.17) is 9.47 Å². The standard InChI is InChI=1S/C23H32O2/c1-14(2)17-11-19(15(3)4)23(20(12-17)16(5)6)21-13-18(24-7)9-10-22(21)25-8/h9-16H,1-8H3. The molecule has 0 heterocycles. The van der Waals surface area contributed by atoms with Gasteiger partial charge in [-0.15, -0.1) is 0 Å². The van der Waals surface area contributed by atoms with Crippen LogP contribution in [0.25, 0.3) is 11.1 Å². The van der Waals surface area contributed by atoms with Gasteiger partial charge < -0.3 is 9.47 Å². The summed E-state index contributed by atoms with van der Waals surface area (Å²) in [4.78, 5) is 0. The molecular weight excluding hydrogens is 308 g/mol. The molecule has 0 aliphatic carbocycles. The predicted octanol–water partition coefficient (Wildman–Crippen LogP) is 6.74. The van der Waals surface area contributed by atoms with Gasteiger partial charge in [-0.2, -0.15) is 0 Å². The first kappa shape index (κ1) is 19.4. The summed E-state index contributed by atoms with van der Waals surface area (Å²) < 4.78 is 11.2. The van der Waals surface area contributed by atoms with Crippen LogP contribution in [0.2, 0.25) is 0 Å². The third-order valence-electron chi connectivity index (χ3n) is 4.81. The topological polar surface area (TPSA) is 18.5 Å². The van der Waals surface area contributed by atoms with Gasteiger partial charge in [-0.25, -0.2) is 0 Å². The van der Waals surface area contributed by atoms with Gasteiger partial charge in [-0.3, -0.25) is 0 Å². The summed E-state index contributed by atoms with van der Waals surface area (Å²) in [7, 11) is 3.44. The maximum atomic E-state index is 5.69. The van der Waals surface area contributed by atoms with Crippen LogP contribution in [0.15, 0.2) is 30.3 Å². The largest absolute Gasteiger partial charge is 0.497 e. The third-order valence-corrected chi connectivity index (χ3v) is 4.81. The fourth-order valence-corrected chi connectivity index (χ4v) is 3.28. The van der Waals surface area contributed by atoms with Crippen molar-refractivity contribution in [3.63, 3.8) is 0 Å². The van der Waals surface area contributed by atoms with Crippen LogP contribution in [0.5, 0.6) is 11.5 Å². The van der Waals surface area contributed by atoms with Crippen LogP contribution in [-0.2, 0) is 0 Å². The van der Waals surface area contributed by atoms with E-state index in [9.17, 15) is 0 Å². The molecule has 2 nitrogen and oxygen atoms in total. The SMILES string of the molecule is COc1ccc(OC)c(-c2c(C(C)C)cc(C(C)C)cc2C(C)C)c1. The third kappa shape index (κ3) is 4.00. The maximum absolute atomic E-state index is 5.69. The van der Waals surface area contributed by atoms with Crippen molar-refractivity contribution in [3.05, 3.63) is 47.0 Å². The van der Waals surface area contributed by atoms with E-state index >= 15 is 0 Å². The number of hydrogen-bond acceptors (Lipinski definition) is 2. The monoisotopic (exact) mass is 340 g/mol. The molecule has 2 aromatic rings. The van der Waals surface area contributed by atoms with E-state index in [0.29, 0.717) is 17.8 Å². The first-order chi connectivity index (χ1) is 11.8. The van der Waals surface area contributed by atoms with Crippen LogP contribution in [0, 0.1) is 0 Å². The van der Waals surface area contributed by atoms with Crippen molar-refractivity contribution in [1.29, 1.82) is 0 Å². The lowest BCUT2D eigenvalue weighted by atomic mass is 9.81. The van der Waals surface area contributed by atoms with E-state index in [-0.39, 0.29) is 0 Å². The molecule has 25 heavy (non-hydrogen) atoms. The zero-order chi connectivity index (χ0) is 18.7. The number of benzene rings is 2. The molecule has 0 unspecified atom stereocenters. The molecule has 0 bridgehead atoms. The number of ether oxygens (including phenoxy) is 2. The molecule has 2 aromatic carbocycles. The van der Waals surface area contributed by atoms with E-state index in [1.165, 1.54) is 22.3 Å². The zero-order valence-corrected chi connectivity index (χ0v) is 16.9. The minimum atomic E-state index is 0.433. The summed E-state index contributed by atoms with van der Waals surface area (Å²) in [5, 5.41) is 0. The lowest BCUT2D eigenvalue weighted by Gasteiger charge is -2.24. The number of rotatable bonds is 6. The van der Waals surface area contributed by atoms with Gasteiger partial charge in [0.25, 0.3) is 0 Å². The molecule has 0 fully saturated rings. The van der Waals surface area contributed by atoms with Crippen molar-refractivity contribution < 1.29 is 9.47 Å². The molecule has 0 aliphatic rings. The summed E-state index contributed by atoms with van der Waals surface area (Å²) >= 11 is 0. The lowest BCUT2D eigenvalue weighted by molar-refractivity contribution is 0.404. The molecular formula is C23H32O2. The highest BCUT2D eigenvalue weighted by atomic mass is 16.5. The summed E-state index contributed by atoms with van der Waals surface area (Å²) in [6.45, 7) is 13.6. The van der Waals surface area contributed by atoms with Crippen LogP contribution in [0.3, 0.4) is 0 Å². The first-order valence-electron chi connectivity index (χ1n) is 9.20. The molecule has 0 spiro atoms. The zero-order valence-electron chi connectivity index (χ0n) is 16.9. The van der Waals surface area contributed by atoms with Gasteiger partial charge in [0.2, 0.25) is 0 Å². The molecule has 0 aromatic heterocycles. The number of methoxy groups -OCH3 is 2. The Morgan fingerprint density at radius 3 is 1.64 bits per heavy atom. The Bertz CT molecular complexity index is 698. The first-order valence-corrected chi connectivity index (χ1v) is 9.20. The molecule has 2 rings (SSSR count). The molecule has 0 N–H and O–H groups in total. The minimum Gasteiger partial charge on any atom is -0.497 e. The fraction of sp³-hybridized carbons (Fsp3) is 0.478. The van der Waals surface area contributed by atoms with Crippen LogP contribution < -0.4 is 9.47 Å². The predicted molar refractivity (Wildman–Crippen MR) is 107 cm³/mol. The van der Waals surface area contributed by atoms with Crippen LogP contribution in [0.4, 0.5) is 0 Å². The summed E-state index contributed by atoms with van der Waals surface area (Å²) in [5.41, 5.74) is 6.57. The highest BCUT2D eigenvalue weighted by Gasteiger charge is 2.21. The molecule has 136 valence electrons. The van der Waals surface area contributed by atoms with Gasteiger partial charge in [-0.1, -0.05) is 53.7 Å². The van der Waals surface area contributed by atoms with Gasteiger partial charge in [0, 0.05) is 5.56 Å². The van der Waals surface area contributed by atoms with E-state index < -0.39 is 0 Å². The average molecular weight is 341 g/mol. The van der Waals surface area contributed by atoms with Crippen molar-refractivity contribution >= 4 is 0 Å². The Morgan fingerprint density at radius 1 is 0.680 bits per heavy atom. The highest BCUT2D eigenvalue weighted by Crippen LogP contribution is 2.43. The molecule has 0 saturated carbocycles. The van der Waals surface area contributed by atoms with Crippen LogP contribution >= 0.6 is 0 Å². The van der Waals surface area contributed by atoms with Gasteiger partial charge in [0.15, 0.2) is 0 Å². The van der Waals surface area contributed by atoms with Gasteiger partial charge in [0.1, 0.15) is 11.5 Å². The van der Waals surface area contributed by atoms with E-state index in [0.717, 1.165) is 17.1 Å². The molecule has 0 amide bonds. The van der Waals surface area contributed by atoms with E-state index in [1.807, 2.05) is 12.1 Å². The second-order valence-electron chi connectivity index (χ2n) is 7.60. The van der Waals surface area contributed by atoms with Gasteiger partial charge in [0.05, 0.1) is 14.2 Å². The smallest absolute Gasteiger partial charge is 0.126 e. The highest BCUT2D eigenvalue weighted by molar-refractivity contribution is 5.79. The second-order valence-corrected chi connectivity index (χ2v) is 7.60. The molecule has 2 heteroatoms. The molecule has 0 atom stereocenters. The minimum absolute atomic E-state index is 0.433. The van der Waals surface area contributed by atoms with Gasteiger partial charge >= 0.3 is 0 Å². The average Bonchev–Trinajstić information content (AvgIpc) is 2.59. The molecule has 0 saturated heterocycles. The van der Waals surface area contributed by atoms with Crippen LogP contribution in [0.1, 0.15) is 76.0 Å². The summed E-state index contributed by atoms with van der Waals surface area (Å²) in [6.07, 6.45) is 0. The quantitative estimate of drug-likeness (QED) is 0.579. The summed E-state index contributed by atoms with van der Waals surface area (Å²) in [5.74, 6) is 3.12. The van der Waals surface area contributed by atoms with E-state index in [1.54, 1.807) is 14.2 Å². The van der Waals surface area contributed by atoms with Crippen molar-refractivity contribution in [3.8, 4) is 22.6 Å². The Morgan fingerprint density at radius 2 is 1.24 bits per heavy atom. The Balaban J connectivity index is 2.88. The Hall–Kier alpha value is -1.96. The fourth-order valence-electron chi connectivity index (χ4n) is 3.28. The van der Waals surface area contributed by atoms with Crippen LogP contribution in [-0.4, -0.2) is 14.2 Å². The Labute approximate surface area is 153 Å². The second kappa shape index (κ2) is 7.95. The van der Waals surface area contributed by atoms with Crippen molar-refractivity contribution in [2.24, 2.45) is 0 Å². The number of hydrogen-bond donors (Lipinski definition) is 0. The van der Waals surface area contributed by atoms with Crippen molar-refractivity contribution in [2.75, 3.05) is 14.2 Å². The molecule has 0 aliphatic heterocycles. The van der Waals surface area contributed by atoms with Gasteiger partial charge in [-0.05, 0) is 58.2 Å². The normalized spacial score (nSPS) is 11.5. The Kier molecular flexibility index (Phi) is 6.16.